The summed E-state index contributed by atoms with van der Waals surface area (Å²) in [6, 6.07) is 4.11. The smallest absolute Gasteiger partial charge is 0.186 e. The van der Waals surface area contributed by atoms with Crippen LogP contribution in [0.25, 0.3) is 0 Å². The van der Waals surface area contributed by atoms with E-state index in [1.807, 2.05) is 5.48 Å². The van der Waals surface area contributed by atoms with Gasteiger partial charge >= 0.3 is 0 Å². The van der Waals surface area contributed by atoms with Gasteiger partial charge in [0.15, 0.2) is 16.6 Å². The summed E-state index contributed by atoms with van der Waals surface area (Å²) in [6.45, 7) is 3.52. The van der Waals surface area contributed by atoms with Gasteiger partial charge in [-0.1, -0.05) is 11.8 Å². The predicted octanol–water partition coefficient (Wildman–Crippen LogP) is 2.91. The van der Waals surface area contributed by atoms with Gasteiger partial charge in [-0.05, 0) is 58.3 Å². The number of aromatic nitrogens is 2. The second-order valence-electron chi connectivity index (χ2n) is 5.72. The van der Waals surface area contributed by atoms with E-state index in [1.54, 1.807) is 13.8 Å². The van der Waals surface area contributed by atoms with Gasteiger partial charge in [-0.3, -0.25) is 10.7 Å². The van der Waals surface area contributed by atoms with E-state index in [0.29, 0.717) is 10.7 Å². The molecule has 0 spiro atoms. The maximum atomic E-state index is 13.3. The zero-order valence-corrected chi connectivity index (χ0v) is 16.6. The lowest BCUT2D eigenvalue weighted by Crippen LogP contribution is -2.39. The number of aliphatic imine (C=N–C) groups is 1. The van der Waals surface area contributed by atoms with Gasteiger partial charge in [-0.25, -0.2) is 14.0 Å². The molecule has 11 heteroatoms. The number of methoxy groups -OCH3 is 1. The van der Waals surface area contributed by atoms with E-state index in [2.05, 4.69) is 31.2 Å². The molecule has 1 aromatic heterocycles. The highest BCUT2D eigenvalue weighted by molar-refractivity contribution is 9.10. The summed E-state index contributed by atoms with van der Waals surface area (Å²) in [4.78, 5) is 4.17. The van der Waals surface area contributed by atoms with Crippen molar-refractivity contribution in [2.24, 2.45) is 4.99 Å². The molecule has 0 aliphatic heterocycles. The number of rotatable bonds is 7. The van der Waals surface area contributed by atoms with Crippen molar-refractivity contribution in [3.05, 3.63) is 34.2 Å². The average Bonchev–Trinajstić information content (AvgIpc) is 3.08. The summed E-state index contributed by atoms with van der Waals surface area (Å²) in [7, 11) is 1.51. The largest absolute Gasteiger partial charge is 0.389 e. The van der Waals surface area contributed by atoms with Gasteiger partial charge in [0.25, 0.3) is 0 Å². The fraction of sp³-hybridized carbons (Fsp3) is 0.400. The molecule has 0 radical (unpaired) electrons. The average molecular weight is 449 g/mol. The minimum atomic E-state index is -0.780. The van der Waals surface area contributed by atoms with Crippen molar-refractivity contribution in [2.45, 2.75) is 30.6 Å². The van der Waals surface area contributed by atoms with E-state index in [4.69, 9.17) is 9.37 Å². The number of halogens is 2. The number of aliphatic hydroxyl groups excluding tert-OH is 1. The van der Waals surface area contributed by atoms with Crippen LogP contribution in [0.1, 0.15) is 19.5 Å². The zero-order chi connectivity index (χ0) is 19.3. The van der Waals surface area contributed by atoms with Gasteiger partial charge < -0.3 is 9.84 Å². The molecule has 1 unspecified atom stereocenters. The SMILES string of the molecule is COC(C)(C)C(O)CSc1nonc1C(=Nc1ccc(F)c(Br)c1)NO. The molecular formula is C15H18BrFN4O4S. The first-order valence-corrected chi connectivity index (χ1v) is 9.19. The molecule has 3 N–H and O–H groups in total. The topological polar surface area (TPSA) is 113 Å². The van der Waals surface area contributed by atoms with Crippen LogP contribution < -0.4 is 5.48 Å². The first-order chi connectivity index (χ1) is 12.3. The Morgan fingerprint density at radius 1 is 1.50 bits per heavy atom. The Hall–Kier alpha value is -1.53. The molecule has 1 aromatic carbocycles. The van der Waals surface area contributed by atoms with Gasteiger partial charge in [0, 0.05) is 12.9 Å². The molecule has 0 amide bonds. The van der Waals surface area contributed by atoms with Crippen LogP contribution >= 0.6 is 27.7 Å². The first kappa shape index (κ1) is 20.8. The molecule has 0 aliphatic carbocycles. The number of nitrogens with one attached hydrogen (secondary N) is 1. The number of hydroxylamine groups is 1. The second kappa shape index (κ2) is 8.91. The van der Waals surface area contributed by atoms with Crippen molar-refractivity contribution >= 4 is 39.2 Å². The quantitative estimate of drug-likeness (QED) is 0.256. The maximum absolute atomic E-state index is 13.3. The number of amidine groups is 1. The lowest BCUT2D eigenvalue weighted by Gasteiger charge is -2.28. The molecule has 0 saturated carbocycles. The highest BCUT2D eigenvalue weighted by Gasteiger charge is 2.28. The summed E-state index contributed by atoms with van der Waals surface area (Å²) >= 11 is 4.24. The van der Waals surface area contributed by atoms with Gasteiger partial charge in [0.1, 0.15) is 5.82 Å². The van der Waals surface area contributed by atoms with E-state index in [0.717, 1.165) is 0 Å². The molecule has 0 saturated heterocycles. The number of ether oxygens (including phenoxy) is 1. The van der Waals surface area contributed by atoms with E-state index < -0.39 is 17.5 Å². The summed E-state index contributed by atoms with van der Waals surface area (Å²) < 4.78 is 23.5. The molecule has 1 atom stereocenters. The third-order valence-corrected chi connectivity index (χ3v) is 5.27. The van der Waals surface area contributed by atoms with Crippen molar-refractivity contribution in [3.63, 3.8) is 0 Å². The number of nitrogens with zero attached hydrogens (tertiary/aromatic N) is 3. The molecule has 8 nitrogen and oxygen atoms in total. The van der Waals surface area contributed by atoms with Crippen LogP contribution in [-0.4, -0.2) is 51.0 Å². The second-order valence-corrected chi connectivity index (χ2v) is 7.59. The molecule has 26 heavy (non-hydrogen) atoms. The predicted molar refractivity (Wildman–Crippen MR) is 97.3 cm³/mol. The minimum Gasteiger partial charge on any atom is -0.389 e. The summed E-state index contributed by atoms with van der Waals surface area (Å²) in [5, 5.41) is 27.4. The fourth-order valence-electron chi connectivity index (χ4n) is 1.73. The standard InChI is InChI=1S/C15H18BrFN4O4S/c1-15(2,24-3)11(22)7-26-14-12(20-25-21-14)13(19-23)18-8-4-5-10(17)9(16)6-8/h4-6,11,22-23H,7H2,1-3H3,(H,18,19). The Morgan fingerprint density at radius 3 is 2.85 bits per heavy atom. The highest BCUT2D eigenvalue weighted by atomic mass is 79.9. The Balaban J connectivity index is 2.21. The Morgan fingerprint density at radius 2 is 2.23 bits per heavy atom. The molecule has 2 rings (SSSR count). The number of thioether (sulfide) groups is 1. The van der Waals surface area contributed by atoms with Crippen molar-refractivity contribution in [3.8, 4) is 0 Å². The van der Waals surface area contributed by atoms with Crippen molar-refractivity contribution in [1.82, 2.24) is 15.8 Å². The third-order valence-electron chi connectivity index (χ3n) is 3.64. The van der Waals surface area contributed by atoms with Crippen molar-refractivity contribution in [1.29, 1.82) is 0 Å². The minimum absolute atomic E-state index is 0.0345. The Labute approximate surface area is 161 Å². The number of hydrogen-bond acceptors (Lipinski definition) is 8. The van der Waals surface area contributed by atoms with Gasteiger partial charge in [-0.15, -0.1) is 0 Å². The van der Waals surface area contributed by atoms with Gasteiger partial charge in [0.05, 0.1) is 21.9 Å². The zero-order valence-electron chi connectivity index (χ0n) is 14.2. The van der Waals surface area contributed by atoms with Gasteiger partial charge in [0.2, 0.25) is 0 Å². The molecule has 1 heterocycles. The maximum Gasteiger partial charge on any atom is 0.186 e. The van der Waals surface area contributed by atoms with Crippen molar-refractivity contribution in [2.75, 3.05) is 12.9 Å². The summed E-state index contributed by atoms with van der Waals surface area (Å²) in [5.74, 6) is -0.215. The molecule has 0 bridgehead atoms. The first-order valence-electron chi connectivity index (χ1n) is 7.41. The third kappa shape index (κ3) is 5.01. The van der Waals surface area contributed by atoms with Crippen LogP contribution in [0.5, 0.6) is 0 Å². The molecular weight excluding hydrogens is 431 g/mol. The Bertz CT molecular complexity index is 787. The van der Waals surface area contributed by atoms with E-state index in [9.17, 15) is 14.7 Å². The molecule has 0 fully saturated rings. The van der Waals surface area contributed by atoms with E-state index >= 15 is 0 Å². The van der Waals surface area contributed by atoms with Crippen LogP contribution in [0.2, 0.25) is 0 Å². The normalized spacial score (nSPS) is 13.7. The number of hydrogen-bond donors (Lipinski definition) is 3. The highest BCUT2D eigenvalue weighted by Crippen LogP contribution is 2.26. The molecule has 2 aromatic rings. The lowest BCUT2D eigenvalue weighted by molar-refractivity contribution is -0.0666. The van der Waals surface area contributed by atoms with E-state index in [1.165, 1.54) is 37.1 Å². The number of aliphatic hydroxyl groups is 1. The van der Waals surface area contributed by atoms with Crippen LogP contribution in [0.15, 0.2) is 37.3 Å². The van der Waals surface area contributed by atoms with Crippen LogP contribution in [-0.2, 0) is 4.74 Å². The summed E-state index contributed by atoms with van der Waals surface area (Å²) in [6.07, 6.45) is -0.780. The van der Waals surface area contributed by atoms with Gasteiger partial charge in [-0.2, -0.15) is 0 Å². The van der Waals surface area contributed by atoms with Crippen LogP contribution in [0.4, 0.5) is 10.1 Å². The van der Waals surface area contributed by atoms with Crippen LogP contribution in [0.3, 0.4) is 0 Å². The summed E-state index contributed by atoms with van der Waals surface area (Å²) in [5.41, 5.74) is 1.72. The van der Waals surface area contributed by atoms with Crippen molar-refractivity contribution < 1.29 is 24.1 Å². The monoisotopic (exact) mass is 448 g/mol. The Kier molecular flexibility index (Phi) is 7.12. The fourth-order valence-corrected chi connectivity index (χ4v) is 3.17. The van der Waals surface area contributed by atoms with Crippen LogP contribution in [0, 0.1) is 5.82 Å². The molecule has 142 valence electrons. The van der Waals surface area contributed by atoms with E-state index in [-0.39, 0.29) is 21.8 Å². The molecule has 0 aliphatic rings. The lowest BCUT2D eigenvalue weighted by atomic mass is 10.0. The number of benzene rings is 1.